The number of nitrogens with one attached hydrogen (secondary N) is 2. The summed E-state index contributed by atoms with van der Waals surface area (Å²) in [5.41, 5.74) is 0.595. The normalized spacial score (nSPS) is 15.6. The van der Waals surface area contributed by atoms with E-state index in [9.17, 15) is 19.0 Å². The summed E-state index contributed by atoms with van der Waals surface area (Å²) in [6, 6.07) is 5.81. The van der Waals surface area contributed by atoms with E-state index in [-0.39, 0.29) is 30.9 Å². The first-order chi connectivity index (χ1) is 12.2. The van der Waals surface area contributed by atoms with E-state index in [1.54, 1.807) is 31.2 Å². The fourth-order valence-corrected chi connectivity index (χ4v) is 3.59. The number of benzene rings is 1. The van der Waals surface area contributed by atoms with Crippen molar-refractivity contribution in [2.75, 3.05) is 18.1 Å². The molecule has 26 heavy (non-hydrogen) atoms. The monoisotopic (exact) mass is 448 g/mol. The summed E-state index contributed by atoms with van der Waals surface area (Å²) in [6.07, 6.45) is 0.279. The summed E-state index contributed by atoms with van der Waals surface area (Å²) in [5.74, 6) is -0.400. The molecule has 3 atom stereocenters. The molecule has 1 aromatic carbocycles. The summed E-state index contributed by atoms with van der Waals surface area (Å²) >= 11 is 3.32. The highest BCUT2D eigenvalue weighted by Gasteiger charge is 2.28. The average Bonchev–Trinajstić information content (AvgIpc) is 2.59. The van der Waals surface area contributed by atoms with Gasteiger partial charge in [-0.05, 0) is 37.1 Å². The fraction of sp³-hybridized carbons (Fsp3) is 0.529. The van der Waals surface area contributed by atoms with Gasteiger partial charge in [0.2, 0.25) is 0 Å². The molecule has 1 unspecified atom stereocenters. The van der Waals surface area contributed by atoms with Gasteiger partial charge in [0.05, 0.1) is 18.8 Å². The highest BCUT2D eigenvalue weighted by molar-refractivity contribution is 9.10. The SMILES string of the molecule is CCOP(=O)(O)CCC(=O)[C@@H](NC(=O)Nc1ccc(Br)cc1)[C@@H](C)CC. The number of hydrogen-bond acceptors (Lipinski definition) is 4. The van der Waals surface area contributed by atoms with Gasteiger partial charge in [-0.15, -0.1) is 0 Å². The van der Waals surface area contributed by atoms with E-state index in [0.717, 1.165) is 4.47 Å². The predicted molar refractivity (Wildman–Crippen MR) is 105 cm³/mol. The van der Waals surface area contributed by atoms with E-state index < -0.39 is 19.7 Å². The molecule has 1 rings (SSSR count). The first-order valence-corrected chi connectivity index (χ1v) is 11.1. The predicted octanol–water partition coefficient (Wildman–Crippen LogP) is 4.17. The van der Waals surface area contributed by atoms with E-state index in [0.29, 0.717) is 12.1 Å². The van der Waals surface area contributed by atoms with Crippen LogP contribution in [0.15, 0.2) is 28.7 Å². The number of amides is 2. The van der Waals surface area contributed by atoms with Gasteiger partial charge < -0.3 is 20.1 Å². The maximum absolute atomic E-state index is 12.5. The molecule has 0 aliphatic heterocycles. The van der Waals surface area contributed by atoms with Crippen LogP contribution in [0.1, 0.15) is 33.6 Å². The second-order valence-corrected chi connectivity index (χ2v) is 8.86. The molecular formula is C17H26BrN2O5P. The minimum atomic E-state index is -3.77. The molecule has 0 saturated carbocycles. The van der Waals surface area contributed by atoms with E-state index in [2.05, 4.69) is 26.6 Å². The van der Waals surface area contributed by atoms with Gasteiger partial charge in [0, 0.05) is 16.6 Å². The Hall–Kier alpha value is -1.21. The second kappa shape index (κ2) is 10.8. The molecule has 0 aliphatic rings. The van der Waals surface area contributed by atoms with E-state index in [1.807, 2.05) is 13.8 Å². The molecule has 0 aromatic heterocycles. The van der Waals surface area contributed by atoms with Crippen molar-refractivity contribution in [1.82, 2.24) is 5.32 Å². The van der Waals surface area contributed by atoms with Crippen LogP contribution in [0.5, 0.6) is 0 Å². The first kappa shape index (κ1) is 22.8. The Bertz CT molecular complexity index is 653. The van der Waals surface area contributed by atoms with Crippen molar-refractivity contribution in [2.45, 2.75) is 39.7 Å². The molecule has 0 saturated heterocycles. The van der Waals surface area contributed by atoms with Crippen LogP contribution in [0, 0.1) is 5.92 Å². The summed E-state index contributed by atoms with van der Waals surface area (Å²) in [5, 5.41) is 5.35. The average molecular weight is 449 g/mol. The molecule has 3 N–H and O–H groups in total. The largest absolute Gasteiger partial charge is 0.328 e. The summed E-state index contributed by atoms with van der Waals surface area (Å²) in [6.45, 7) is 5.48. The molecule has 0 radical (unpaired) electrons. The van der Waals surface area contributed by atoms with E-state index in [1.165, 1.54) is 0 Å². The van der Waals surface area contributed by atoms with Gasteiger partial charge in [-0.25, -0.2) is 4.79 Å². The highest BCUT2D eigenvalue weighted by Crippen LogP contribution is 2.42. The van der Waals surface area contributed by atoms with Crippen LogP contribution in [-0.2, 0) is 13.9 Å². The number of rotatable bonds is 10. The number of carbonyl (C=O) groups is 2. The minimum absolute atomic E-state index is 0.102. The van der Waals surface area contributed by atoms with Crippen molar-refractivity contribution in [3.63, 3.8) is 0 Å². The molecule has 0 bridgehead atoms. The lowest BCUT2D eigenvalue weighted by Gasteiger charge is -2.23. The number of hydrogen-bond donors (Lipinski definition) is 3. The van der Waals surface area contributed by atoms with Crippen LogP contribution < -0.4 is 10.6 Å². The maximum atomic E-state index is 12.5. The number of anilines is 1. The molecule has 0 heterocycles. The third kappa shape index (κ3) is 7.99. The molecular weight excluding hydrogens is 423 g/mol. The molecule has 9 heteroatoms. The van der Waals surface area contributed by atoms with Crippen molar-refractivity contribution in [3.8, 4) is 0 Å². The zero-order chi connectivity index (χ0) is 19.7. The molecule has 0 fully saturated rings. The van der Waals surface area contributed by atoms with Gasteiger partial charge in [0.25, 0.3) is 0 Å². The number of Topliss-reactive ketones (excluding diaryl/α,β-unsaturated/α-hetero) is 1. The van der Waals surface area contributed by atoms with Gasteiger partial charge in [-0.3, -0.25) is 9.36 Å². The van der Waals surface area contributed by atoms with E-state index >= 15 is 0 Å². The lowest BCUT2D eigenvalue weighted by Crippen LogP contribution is -2.47. The maximum Gasteiger partial charge on any atom is 0.328 e. The number of urea groups is 1. The summed E-state index contributed by atoms with van der Waals surface area (Å²) < 4.78 is 17.4. The van der Waals surface area contributed by atoms with Crippen molar-refractivity contribution >= 4 is 41.0 Å². The minimum Gasteiger partial charge on any atom is -0.328 e. The van der Waals surface area contributed by atoms with Crippen molar-refractivity contribution in [1.29, 1.82) is 0 Å². The Labute approximate surface area is 162 Å². The van der Waals surface area contributed by atoms with Crippen molar-refractivity contribution < 1.29 is 23.6 Å². The van der Waals surface area contributed by atoms with Crippen LogP contribution in [0.2, 0.25) is 0 Å². The number of carbonyl (C=O) groups excluding carboxylic acids is 2. The molecule has 2 amide bonds. The molecule has 1 aromatic rings. The topological polar surface area (TPSA) is 105 Å². The van der Waals surface area contributed by atoms with Gasteiger partial charge in [-0.1, -0.05) is 36.2 Å². The van der Waals surface area contributed by atoms with Gasteiger partial charge in [0.1, 0.15) is 0 Å². The lowest BCUT2D eigenvalue weighted by atomic mass is 9.94. The van der Waals surface area contributed by atoms with Crippen LogP contribution in [0.4, 0.5) is 10.5 Å². The van der Waals surface area contributed by atoms with Crippen LogP contribution in [-0.4, -0.2) is 35.5 Å². The highest BCUT2D eigenvalue weighted by atomic mass is 79.9. The van der Waals surface area contributed by atoms with Crippen LogP contribution in [0.25, 0.3) is 0 Å². The Morgan fingerprint density at radius 2 is 1.88 bits per heavy atom. The quantitative estimate of drug-likeness (QED) is 0.466. The Morgan fingerprint density at radius 3 is 2.42 bits per heavy atom. The number of halogens is 1. The fourth-order valence-electron chi connectivity index (χ4n) is 2.29. The molecule has 7 nitrogen and oxygen atoms in total. The molecule has 146 valence electrons. The van der Waals surface area contributed by atoms with Crippen LogP contribution in [0.3, 0.4) is 0 Å². The Balaban J connectivity index is 2.70. The van der Waals surface area contributed by atoms with Gasteiger partial charge >= 0.3 is 13.6 Å². The van der Waals surface area contributed by atoms with Gasteiger partial charge in [-0.2, -0.15) is 0 Å². The lowest BCUT2D eigenvalue weighted by molar-refractivity contribution is -0.121. The third-order valence-corrected chi connectivity index (χ3v) is 5.90. The standard InChI is InChI=1S/C17H26BrN2O5P/c1-4-12(3)16(15(21)10-11-26(23,24)25-5-2)20-17(22)19-14-8-6-13(18)7-9-14/h6-9,12,16H,4-5,10-11H2,1-3H3,(H,23,24)(H2,19,20,22)/t12-,16-/m0/s1. The Morgan fingerprint density at radius 1 is 1.27 bits per heavy atom. The Kier molecular flexibility index (Phi) is 9.50. The zero-order valence-corrected chi connectivity index (χ0v) is 17.7. The second-order valence-electron chi connectivity index (χ2n) is 5.96. The molecule has 0 spiro atoms. The summed E-state index contributed by atoms with van der Waals surface area (Å²) in [4.78, 5) is 34.3. The van der Waals surface area contributed by atoms with Crippen molar-refractivity contribution in [2.24, 2.45) is 5.92 Å². The first-order valence-electron chi connectivity index (χ1n) is 8.50. The number of ketones is 1. The molecule has 0 aliphatic carbocycles. The zero-order valence-electron chi connectivity index (χ0n) is 15.2. The van der Waals surface area contributed by atoms with E-state index in [4.69, 9.17) is 4.52 Å². The third-order valence-electron chi connectivity index (χ3n) is 3.92. The smallest absolute Gasteiger partial charge is 0.328 e. The van der Waals surface area contributed by atoms with Gasteiger partial charge in [0.15, 0.2) is 5.78 Å². The van der Waals surface area contributed by atoms with Crippen LogP contribution >= 0.6 is 23.5 Å². The summed E-state index contributed by atoms with van der Waals surface area (Å²) in [7, 11) is -3.77. The van der Waals surface area contributed by atoms with Crippen molar-refractivity contribution in [3.05, 3.63) is 28.7 Å².